The Morgan fingerprint density at radius 2 is 1.90 bits per heavy atom. The average Bonchev–Trinajstić information content (AvgIpc) is 2.37. The van der Waals surface area contributed by atoms with Gasteiger partial charge in [-0.15, -0.1) is 0 Å². The lowest BCUT2D eigenvalue weighted by molar-refractivity contribution is -0.143. The topological polar surface area (TPSA) is 105 Å². The van der Waals surface area contributed by atoms with Crippen molar-refractivity contribution in [2.24, 2.45) is 11.8 Å². The molecule has 7 nitrogen and oxygen atoms in total. The standard InChI is InChI=1S/C13H22N2O5/c1-9-4-2-3-5-10(9)6-14-13(19)15-11(16)7-20-8-12(17)18/h9-10H,2-8H2,1H3,(H,17,18)(H2,14,15,16,19). The molecule has 3 amide bonds. The lowest BCUT2D eigenvalue weighted by atomic mass is 9.80. The molecule has 1 aliphatic carbocycles. The number of carbonyl (C=O) groups excluding carboxylic acids is 2. The number of amides is 3. The van der Waals surface area contributed by atoms with Crippen LogP contribution < -0.4 is 10.6 Å². The van der Waals surface area contributed by atoms with Crippen molar-refractivity contribution < 1.29 is 24.2 Å². The summed E-state index contributed by atoms with van der Waals surface area (Å²) in [6, 6.07) is -0.563. The van der Waals surface area contributed by atoms with Gasteiger partial charge in [-0.25, -0.2) is 9.59 Å². The zero-order valence-electron chi connectivity index (χ0n) is 11.7. The molecule has 2 unspecified atom stereocenters. The first-order valence-electron chi connectivity index (χ1n) is 6.86. The molecule has 0 aromatic carbocycles. The van der Waals surface area contributed by atoms with E-state index in [0.717, 1.165) is 6.42 Å². The van der Waals surface area contributed by atoms with Gasteiger partial charge in [-0.2, -0.15) is 0 Å². The van der Waals surface area contributed by atoms with Crippen molar-refractivity contribution in [1.29, 1.82) is 0 Å². The number of carbonyl (C=O) groups is 3. The number of carboxylic acids is 1. The molecule has 1 fully saturated rings. The van der Waals surface area contributed by atoms with Crippen molar-refractivity contribution in [2.45, 2.75) is 32.6 Å². The van der Waals surface area contributed by atoms with Gasteiger partial charge in [0.2, 0.25) is 0 Å². The Morgan fingerprint density at radius 3 is 2.55 bits per heavy atom. The summed E-state index contributed by atoms with van der Waals surface area (Å²) >= 11 is 0. The van der Waals surface area contributed by atoms with E-state index in [1.54, 1.807) is 0 Å². The average molecular weight is 286 g/mol. The second-order valence-electron chi connectivity index (χ2n) is 5.17. The number of carboxylic acid groups (broad SMARTS) is 1. The fraction of sp³-hybridized carbons (Fsp3) is 0.769. The van der Waals surface area contributed by atoms with Gasteiger partial charge in [0.1, 0.15) is 13.2 Å². The number of urea groups is 1. The molecule has 0 bridgehead atoms. The summed E-state index contributed by atoms with van der Waals surface area (Å²) in [5, 5.41) is 13.1. The highest BCUT2D eigenvalue weighted by Crippen LogP contribution is 2.28. The van der Waals surface area contributed by atoms with Gasteiger partial charge in [0.05, 0.1) is 0 Å². The highest BCUT2D eigenvalue weighted by Gasteiger charge is 2.21. The Hall–Kier alpha value is -1.63. The summed E-state index contributed by atoms with van der Waals surface area (Å²) in [5.41, 5.74) is 0. The van der Waals surface area contributed by atoms with E-state index < -0.39 is 31.1 Å². The molecular weight excluding hydrogens is 264 g/mol. The number of hydrogen-bond acceptors (Lipinski definition) is 4. The Morgan fingerprint density at radius 1 is 1.20 bits per heavy atom. The number of rotatable bonds is 6. The molecule has 0 aliphatic heterocycles. The van der Waals surface area contributed by atoms with Crippen LogP contribution in [-0.2, 0) is 14.3 Å². The lowest BCUT2D eigenvalue weighted by Crippen LogP contribution is -2.44. The van der Waals surface area contributed by atoms with Crippen LogP contribution in [0.3, 0.4) is 0 Å². The minimum Gasteiger partial charge on any atom is -0.480 e. The maximum absolute atomic E-state index is 11.5. The highest BCUT2D eigenvalue weighted by molar-refractivity contribution is 5.94. The minimum atomic E-state index is -1.16. The van der Waals surface area contributed by atoms with Crippen LogP contribution in [0.5, 0.6) is 0 Å². The highest BCUT2D eigenvalue weighted by atomic mass is 16.5. The molecule has 3 N–H and O–H groups in total. The van der Waals surface area contributed by atoms with E-state index in [4.69, 9.17) is 5.11 Å². The normalized spacial score (nSPS) is 22.1. The van der Waals surface area contributed by atoms with Gasteiger partial charge >= 0.3 is 12.0 Å². The summed E-state index contributed by atoms with van der Waals surface area (Å²) in [5.74, 6) is -0.777. The molecule has 0 aromatic heterocycles. The van der Waals surface area contributed by atoms with Gasteiger partial charge in [0.25, 0.3) is 5.91 Å². The number of ether oxygens (including phenoxy) is 1. The minimum absolute atomic E-state index is 0.445. The van der Waals surface area contributed by atoms with E-state index in [-0.39, 0.29) is 0 Å². The van der Waals surface area contributed by atoms with Crippen LogP contribution in [0, 0.1) is 11.8 Å². The monoisotopic (exact) mass is 286 g/mol. The van der Waals surface area contributed by atoms with E-state index in [1.165, 1.54) is 19.3 Å². The predicted octanol–water partition coefficient (Wildman–Crippen LogP) is 0.740. The van der Waals surface area contributed by atoms with E-state index >= 15 is 0 Å². The van der Waals surface area contributed by atoms with Crippen LogP contribution >= 0.6 is 0 Å². The molecule has 1 rings (SSSR count). The summed E-state index contributed by atoms with van der Waals surface area (Å²) in [7, 11) is 0. The van der Waals surface area contributed by atoms with Gasteiger partial charge in [-0.05, 0) is 18.3 Å². The molecule has 0 spiro atoms. The summed E-state index contributed by atoms with van der Waals surface area (Å²) in [6.45, 7) is 1.72. The molecule has 2 atom stereocenters. The van der Waals surface area contributed by atoms with Crippen molar-refractivity contribution in [1.82, 2.24) is 10.6 Å². The van der Waals surface area contributed by atoms with Gasteiger partial charge in [-0.3, -0.25) is 10.1 Å². The molecule has 0 heterocycles. The van der Waals surface area contributed by atoms with Gasteiger partial charge in [0.15, 0.2) is 0 Å². The molecule has 1 aliphatic rings. The Bertz CT molecular complexity index is 359. The predicted molar refractivity (Wildman–Crippen MR) is 71.1 cm³/mol. The summed E-state index contributed by atoms with van der Waals surface area (Å²) in [4.78, 5) is 32.9. The largest absolute Gasteiger partial charge is 0.480 e. The third-order valence-electron chi connectivity index (χ3n) is 3.53. The Kier molecular flexibility index (Phi) is 7.00. The van der Waals surface area contributed by atoms with Gasteiger partial charge in [0, 0.05) is 6.54 Å². The molecule has 0 saturated heterocycles. The van der Waals surface area contributed by atoms with Gasteiger partial charge < -0.3 is 15.2 Å². The zero-order valence-corrected chi connectivity index (χ0v) is 11.7. The zero-order chi connectivity index (χ0) is 15.0. The molecule has 0 radical (unpaired) electrons. The Balaban J connectivity index is 2.15. The summed E-state index contributed by atoms with van der Waals surface area (Å²) < 4.78 is 4.58. The third-order valence-corrected chi connectivity index (χ3v) is 3.53. The summed E-state index contributed by atoms with van der Waals surface area (Å²) in [6.07, 6.45) is 4.69. The van der Waals surface area contributed by atoms with E-state index in [0.29, 0.717) is 18.4 Å². The number of hydrogen-bond donors (Lipinski definition) is 3. The molecule has 0 aromatic rings. The van der Waals surface area contributed by atoms with Crippen molar-refractivity contribution in [3.05, 3.63) is 0 Å². The van der Waals surface area contributed by atoms with Gasteiger partial charge in [-0.1, -0.05) is 26.2 Å². The van der Waals surface area contributed by atoms with Crippen LogP contribution in [-0.4, -0.2) is 42.8 Å². The van der Waals surface area contributed by atoms with Crippen molar-refractivity contribution in [3.8, 4) is 0 Å². The van der Waals surface area contributed by atoms with E-state index in [2.05, 4.69) is 22.3 Å². The quantitative estimate of drug-likeness (QED) is 0.668. The molecule has 1 saturated carbocycles. The van der Waals surface area contributed by atoms with Crippen LogP contribution in [0.25, 0.3) is 0 Å². The van der Waals surface area contributed by atoms with Crippen molar-refractivity contribution >= 4 is 17.9 Å². The molecule has 20 heavy (non-hydrogen) atoms. The first-order valence-corrected chi connectivity index (χ1v) is 6.86. The molecule has 7 heteroatoms. The third kappa shape index (κ3) is 6.51. The smallest absolute Gasteiger partial charge is 0.329 e. The second-order valence-corrected chi connectivity index (χ2v) is 5.17. The molecular formula is C13H22N2O5. The SMILES string of the molecule is CC1CCCCC1CNC(=O)NC(=O)COCC(=O)O. The van der Waals surface area contributed by atoms with E-state index in [9.17, 15) is 14.4 Å². The number of aliphatic carboxylic acids is 1. The Labute approximate surface area is 118 Å². The van der Waals surface area contributed by atoms with Crippen molar-refractivity contribution in [2.75, 3.05) is 19.8 Å². The first-order chi connectivity index (χ1) is 9.49. The molecule has 114 valence electrons. The number of imide groups is 1. The fourth-order valence-electron chi connectivity index (χ4n) is 2.36. The fourth-order valence-corrected chi connectivity index (χ4v) is 2.36. The maximum atomic E-state index is 11.5. The lowest BCUT2D eigenvalue weighted by Gasteiger charge is -2.28. The van der Waals surface area contributed by atoms with Crippen molar-refractivity contribution in [3.63, 3.8) is 0 Å². The van der Waals surface area contributed by atoms with Crippen LogP contribution in [0.1, 0.15) is 32.6 Å². The van der Waals surface area contributed by atoms with Crippen LogP contribution in [0.15, 0.2) is 0 Å². The first kappa shape index (κ1) is 16.4. The van der Waals surface area contributed by atoms with E-state index in [1.807, 2.05) is 0 Å². The van der Waals surface area contributed by atoms with Crippen LogP contribution in [0.4, 0.5) is 4.79 Å². The number of nitrogens with one attached hydrogen (secondary N) is 2. The maximum Gasteiger partial charge on any atom is 0.329 e. The second kappa shape index (κ2) is 8.52. The van der Waals surface area contributed by atoms with Crippen LogP contribution in [0.2, 0.25) is 0 Å².